The van der Waals surface area contributed by atoms with Crippen LogP contribution in [0.2, 0.25) is 0 Å². The molecular weight excluding hydrogens is 699 g/mol. The van der Waals surface area contributed by atoms with Gasteiger partial charge in [0.1, 0.15) is 16.4 Å². The number of nitrogens with one attached hydrogen (secondary N) is 1. The zero-order chi connectivity index (χ0) is 37.7. The number of urea groups is 1. The topological polar surface area (TPSA) is 158 Å². The molecule has 7 rings (SSSR count). The maximum absolute atomic E-state index is 15.2. The van der Waals surface area contributed by atoms with Crippen molar-refractivity contribution in [1.29, 1.82) is 5.26 Å². The number of anilines is 1. The molecule has 1 spiro atoms. The zero-order valence-electron chi connectivity index (χ0n) is 30.7. The highest BCUT2D eigenvalue weighted by molar-refractivity contribution is 7.93. The molecule has 4 aliphatic rings. The third-order valence-electron chi connectivity index (χ3n) is 11.1. The average Bonchev–Trinajstić information content (AvgIpc) is 3.37. The average molecular weight is 744 g/mol. The summed E-state index contributed by atoms with van der Waals surface area (Å²) >= 11 is 0. The third-order valence-corrected chi connectivity index (χ3v) is 12.8. The highest BCUT2D eigenvalue weighted by Crippen LogP contribution is 2.50. The minimum Gasteiger partial charge on any atom is -0.497 e. The van der Waals surface area contributed by atoms with Crippen LogP contribution in [-0.2, 0) is 20.4 Å². The fourth-order valence-corrected chi connectivity index (χ4v) is 9.96. The monoisotopic (exact) mass is 743 g/mol. The molecule has 3 saturated heterocycles. The maximum Gasteiger partial charge on any atom is 0.318 e. The van der Waals surface area contributed by atoms with E-state index in [9.17, 15) is 18.5 Å². The van der Waals surface area contributed by atoms with E-state index in [1.807, 2.05) is 0 Å². The van der Waals surface area contributed by atoms with Crippen LogP contribution in [0.4, 0.5) is 10.5 Å². The quantitative estimate of drug-likeness (QED) is 0.324. The molecule has 0 bridgehead atoms. The summed E-state index contributed by atoms with van der Waals surface area (Å²) in [6.07, 6.45) is 3.74. The van der Waals surface area contributed by atoms with Crippen molar-refractivity contribution in [3.8, 4) is 23.4 Å². The second-order valence-corrected chi connectivity index (χ2v) is 16.3. The van der Waals surface area contributed by atoms with E-state index in [0.717, 1.165) is 39.0 Å². The number of pyridine rings is 1. The fourth-order valence-electron chi connectivity index (χ4n) is 8.35. The molecule has 0 aliphatic carbocycles. The van der Waals surface area contributed by atoms with Crippen LogP contribution < -0.4 is 23.8 Å². The molecule has 3 amide bonds. The van der Waals surface area contributed by atoms with Gasteiger partial charge in [0.2, 0.25) is 5.88 Å². The Morgan fingerprint density at radius 3 is 2.42 bits per heavy atom. The smallest absolute Gasteiger partial charge is 0.318 e. The van der Waals surface area contributed by atoms with Crippen molar-refractivity contribution in [1.82, 2.24) is 25.0 Å². The summed E-state index contributed by atoms with van der Waals surface area (Å²) in [4.78, 5) is 40.3. The van der Waals surface area contributed by atoms with Crippen LogP contribution in [0.1, 0.15) is 50.3 Å². The lowest BCUT2D eigenvalue weighted by molar-refractivity contribution is -0.124. The Labute approximate surface area is 310 Å². The number of benzene rings is 2. The zero-order valence-corrected chi connectivity index (χ0v) is 31.5. The van der Waals surface area contributed by atoms with E-state index in [4.69, 9.17) is 14.2 Å². The van der Waals surface area contributed by atoms with Gasteiger partial charge in [-0.15, -0.1) is 0 Å². The van der Waals surface area contributed by atoms with E-state index < -0.39 is 27.5 Å². The first-order chi connectivity index (χ1) is 25.4. The van der Waals surface area contributed by atoms with Gasteiger partial charge in [-0.3, -0.25) is 9.69 Å². The summed E-state index contributed by atoms with van der Waals surface area (Å²) < 4.78 is 46.6. The summed E-state index contributed by atoms with van der Waals surface area (Å²) in [5.41, 5.74) is -1.81. The molecule has 4 aliphatic heterocycles. The minimum atomic E-state index is -4.69. The molecule has 2 aromatic carbocycles. The van der Waals surface area contributed by atoms with Gasteiger partial charge >= 0.3 is 6.03 Å². The van der Waals surface area contributed by atoms with Crippen molar-refractivity contribution in [3.05, 3.63) is 71.4 Å². The predicted molar refractivity (Wildman–Crippen MR) is 195 cm³/mol. The van der Waals surface area contributed by atoms with Gasteiger partial charge in [0.05, 0.1) is 43.7 Å². The number of methoxy groups -OCH3 is 2. The number of amides is 3. The lowest BCUT2D eigenvalue weighted by Gasteiger charge is -2.62. The van der Waals surface area contributed by atoms with Crippen molar-refractivity contribution in [2.45, 2.75) is 56.1 Å². The number of likely N-dealkylation sites (tertiary alicyclic amines) is 3. The highest BCUT2D eigenvalue weighted by atomic mass is 32.2. The Bertz CT molecular complexity index is 2060. The van der Waals surface area contributed by atoms with Crippen LogP contribution in [0.5, 0.6) is 17.4 Å². The van der Waals surface area contributed by atoms with Gasteiger partial charge in [0.25, 0.3) is 15.9 Å². The normalized spacial score (nSPS) is 21.5. The highest BCUT2D eigenvalue weighted by Gasteiger charge is 2.61. The number of aromatic nitrogens is 1. The Kier molecular flexibility index (Phi) is 9.50. The first-order valence-corrected chi connectivity index (χ1v) is 19.3. The number of ether oxygens (including phenoxy) is 3. The molecule has 0 radical (unpaired) electrons. The van der Waals surface area contributed by atoms with Crippen LogP contribution in [0, 0.1) is 16.7 Å². The molecule has 3 aromatic rings. The number of carbonyl (C=O) groups is 2. The first-order valence-electron chi connectivity index (χ1n) is 17.9. The summed E-state index contributed by atoms with van der Waals surface area (Å²) in [5.74, 6) is -0.641. The van der Waals surface area contributed by atoms with Gasteiger partial charge in [-0.1, -0.05) is 0 Å². The van der Waals surface area contributed by atoms with Crippen molar-refractivity contribution < 1.29 is 32.2 Å². The number of rotatable bonds is 10. The minimum absolute atomic E-state index is 0.0308. The van der Waals surface area contributed by atoms with Gasteiger partial charge in [0.15, 0.2) is 5.54 Å². The van der Waals surface area contributed by atoms with E-state index in [1.165, 1.54) is 56.8 Å². The molecule has 1 unspecified atom stereocenters. The SMILES string of the molecule is CCOc1ncccc1C1(NC(=O)N2CC3(C2)CN(C2CCN(C(C)C)CC2)C3)C(=O)N(S(=O)(=O)c2ccc(OC)cc2OC)c2ccc(C#N)cc21. The summed E-state index contributed by atoms with van der Waals surface area (Å²) in [6, 6.07) is 14.2. The molecule has 280 valence electrons. The Morgan fingerprint density at radius 2 is 1.77 bits per heavy atom. The summed E-state index contributed by atoms with van der Waals surface area (Å²) in [6.45, 7) is 11.4. The largest absolute Gasteiger partial charge is 0.497 e. The van der Waals surface area contributed by atoms with E-state index in [1.54, 1.807) is 24.0 Å². The third kappa shape index (κ3) is 6.02. The first kappa shape index (κ1) is 36.4. The second-order valence-electron chi connectivity index (χ2n) is 14.5. The molecule has 3 fully saturated rings. The molecule has 14 nitrogen and oxygen atoms in total. The Balaban J connectivity index is 1.24. The molecule has 5 heterocycles. The molecule has 0 saturated carbocycles. The molecule has 1 N–H and O–H groups in total. The Hall–Kier alpha value is -4.91. The number of fused-ring (bicyclic) bond motifs is 1. The number of nitriles is 1. The van der Waals surface area contributed by atoms with E-state index in [0.29, 0.717) is 35.2 Å². The second kappa shape index (κ2) is 13.8. The van der Waals surface area contributed by atoms with Gasteiger partial charge in [-0.05, 0) is 89.2 Å². The molecule has 15 heteroatoms. The predicted octanol–water partition coefficient (Wildman–Crippen LogP) is 3.55. The maximum atomic E-state index is 15.2. The number of hydrogen-bond acceptors (Lipinski definition) is 11. The van der Waals surface area contributed by atoms with Gasteiger partial charge in [0, 0.05) is 61.5 Å². The van der Waals surface area contributed by atoms with Crippen LogP contribution in [0.15, 0.2) is 59.6 Å². The van der Waals surface area contributed by atoms with Crippen molar-refractivity contribution in [2.24, 2.45) is 5.41 Å². The number of nitrogens with zero attached hydrogens (tertiary/aromatic N) is 6. The van der Waals surface area contributed by atoms with Crippen LogP contribution in [0.25, 0.3) is 0 Å². The Morgan fingerprint density at radius 1 is 1.04 bits per heavy atom. The lowest BCUT2D eigenvalue weighted by atomic mass is 9.71. The summed E-state index contributed by atoms with van der Waals surface area (Å²) in [5, 5.41) is 12.9. The number of sulfonamides is 1. The van der Waals surface area contributed by atoms with E-state index >= 15 is 4.79 Å². The molecule has 1 aromatic heterocycles. The number of hydrogen-bond donors (Lipinski definition) is 1. The van der Waals surface area contributed by atoms with Gasteiger partial charge in [-0.2, -0.15) is 9.57 Å². The van der Waals surface area contributed by atoms with E-state index in [-0.39, 0.29) is 50.9 Å². The van der Waals surface area contributed by atoms with Crippen LogP contribution in [0.3, 0.4) is 0 Å². The van der Waals surface area contributed by atoms with Crippen molar-refractivity contribution in [3.63, 3.8) is 0 Å². The summed E-state index contributed by atoms with van der Waals surface area (Å²) in [7, 11) is -1.94. The van der Waals surface area contributed by atoms with Crippen molar-refractivity contribution >= 4 is 27.6 Å². The van der Waals surface area contributed by atoms with Gasteiger partial charge in [-0.25, -0.2) is 18.2 Å². The lowest BCUT2D eigenvalue weighted by Crippen LogP contribution is -2.76. The van der Waals surface area contributed by atoms with Crippen LogP contribution >= 0.6 is 0 Å². The number of piperidine rings is 1. The standard InChI is InChI=1S/C38H45N7O7S/c1-6-52-34-29(8-7-15-40-34)38(41-36(47)44-23-37(24-44)21-43(22-37)27-13-16-42(17-14-27)25(2)3)30-18-26(20-39)9-11-31(30)45(35(38)46)53(48,49)33-12-10-28(50-4)19-32(33)51-5/h7-12,15,18-19,25,27H,6,13-14,16-17,21-24H2,1-5H3,(H,41,47). The fraction of sp³-hybridized carbons (Fsp3) is 0.474. The molecule has 53 heavy (non-hydrogen) atoms. The number of carbonyl (C=O) groups excluding carboxylic acids is 2. The van der Waals surface area contributed by atoms with E-state index in [2.05, 4.69) is 40.0 Å². The molecular formula is C38H45N7O7S. The van der Waals surface area contributed by atoms with Crippen molar-refractivity contribution in [2.75, 3.05) is 64.4 Å². The molecule has 1 atom stereocenters. The van der Waals surface area contributed by atoms with Crippen LogP contribution in [-0.4, -0.2) is 112 Å². The van der Waals surface area contributed by atoms with Gasteiger partial charge < -0.3 is 29.3 Å².